The second-order valence-electron chi connectivity index (χ2n) is 5.20. The molecule has 1 fully saturated rings. The molecule has 0 unspecified atom stereocenters. The van der Waals surface area contributed by atoms with Crippen LogP contribution in [0.3, 0.4) is 0 Å². The van der Waals surface area contributed by atoms with Crippen molar-refractivity contribution >= 4 is 23.0 Å². The molecule has 1 N–H and O–H groups in total. The number of carbonyl (C=O) groups excluding carboxylic acids is 2. The molecule has 2 heterocycles. The number of thiophene rings is 1. The summed E-state index contributed by atoms with van der Waals surface area (Å²) >= 11 is 1.27. The van der Waals surface area contributed by atoms with Crippen LogP contribution in [0.25, 0.3) is 0 Å². The molecule has 21 heavy (non-hydrogen) atoms. The average molecular weight is 304 g/mol. The zero-order chi connectivity index (χ0) is 15.0. The van der Waals surface area contributed by atoms with E-state index in [1.807, 2.05) is 6.92 Å². The number of nitrogens with zero attached hydrogens (tertiary/aromatic N) is 3. The molecule has 0 saturated heterocycles. The van der Waals surface area contributed by atoms with Crippen molar-refractivity contribution in [2.24, 2.45) is 0 Å². The second kappa shape index (κ2) is 5.40. The number of hydrogen-bond donors (Lipinski definition) is 1. The first-order valence-electron chi connectivity index (χ1n) is 6.84. The average Bonchev–Trinajstić information content (AvgIpc) is 3.02. The predicted molar refractivity (Wildman–Crippen MR) is 78.5 cm³/mol. The summed E-state index contributed by atoms with van der Waals surface area (Å²) in [5, 5.41) is 12.7. The summed E-state index contributed by atoms with van der Waals surface area (Å²) < 4.78 is 2.09. The van der Waals surface area contributed by atoms with E-state index in [2.05, 4.69) is 20.1 Å². The van der Waals surface area contributed by atoms with Crippen molar-refractivity contribution in [2.75, 3.05) is 0 Å². The van der Waals surface area contributed by atoms with Crippen molar-refractivity contribution in [1.82, 2.24) is 20.1 Å². The normalized spacial score (nSPS) is 14.2. The van der Waals surface area contributed by atoms with Gasteiger partial charge >= 0.3 is 0 Å². The van der Waals surface area contributed by atoms with Crippen LogP contribution in [0.4, 0.5) is 0 Å². The molecule has 7 heteroatoms. The van der Waals surface area contributed by atoms with Crippen LogP contribution in [-0.2, 0) is 6.54 Å². The number of aromatic nitrogens is 3. The lowest BCUT2D eigenvalue weighted by atomic mass is 10.2. The Kier molecular flexibility index (Phi) is 3.59. The fourth-order valence-electron chi connectivity index (χ4n) is 2.23. The number of carbonyl (C=O) groups is 2. The van der Waals surface area contributed by atoms with Crippen LogP contribution in [0, 0.1) is 6.92 Å². The van der Waals surface area contributed by atoms with Gasteiger partial charge < -0.3 is 9.88 Å². The van der Waals surface area contributed by atoms with Crippen molar-refractivity contribution in [3.63, 3.8) is 0 Å². The summed E-state index contributed by atoms with van der Waals surface area (Å²) in [6.45, 7) is 3.77. The third-order valence-corrected chi connectivity index (χ3v) is 4.41. The highest BCUT2D eigenvalue weighted by Crippen LogP contribution is 2.36. The first-order valence-corrected chi connectivity index (χ1v) is 7.72. The van der Waals surface area contributed by atoms with Gasteiger partial charge in [-0.05, 0) is 32.8 Å². The summed E-state index contributed by atoms with van der Waals surface area (Å²) in [6, 6.07) is 2.11. The summed E-state index contributed by atoms with van der Waals surface area (Å²) in [5.74, 6) is 1.45. The summed E-state index contributed by atoms with van der Waals surface area (Å²) in [6.07, 6.45) is 2.29. The molecule has 0 atom stereocenters. The van der Waals surface area contributed by atoms with Gasteiger partial charge in [-0.2, -0.15) is 0 Å². The largest absolute Gasteiger partial charge is 0.344 e. The molecule has 2 aromatic heterocycles. The fraction of sp³-hybridized carbons (Fsp3) is 0.429. The highest BCUT2D eigenvalue weighted by atomic mass is 32.1. The number of Topliss-reactive ketones (excluding diaryl/α,β-unsaturated/α-hetero) is 1. The van der Waals surface area contributed by atoms with Gasteiger partial charge in [0, 0.05) is 17.0 Å². The Hall–Kier alpha value is -2.02. The Labute approximate surface area is 126 Å². The Balaban J connectivity index is 1.67. The van der Waals surface area contributed by atoms with Gasteiger partial charge in [-0.1, -0.05) is 0 Å². The van der Waals surface area contributed by atoms with E-state index in [0.29, 0.717) is 23.0 Å². The molecule has 0 spiro atoms. The van der Waals surface area contributed by atoms with Gasteiger partial charge in [-0.3, -0.25) is 9.59 Å². The molecule has 1 amide bonds. The zero-order valence-electron chi connectivity index (χ0n) is 11.9. The standard InChI is InChI=1S/C14H16N4O2S/c1-8(19)10-5-12(21-7-10)14(20)15-6-13-17-16-9(2)18(13)11-3-4-11/h5,7,11H,3-4,6H2,1-2H3,(H,15,20). The van der Waals surface area contributed by atoms with Crippen molar-refractivity contribution in [3.05, 3.63) is 33.5 Å². The number of hydrogen-bond acceptors (Lipinski definition) is 5. The van der Waals surface area contributed by atoms with Crippen LogP contribution in [0.2, 0.25) is 0 Å². The van der Waals surface area contributed by atoms with Crippen molar-refractivity contribution < 1.29 is 9.59 Å². The molecule has 0 radical (unpaired) electrons. The molecule has 110 valence electrons. The first kappa shape index (κ1) is 13.9. The van der Waals surface area contributed by atoms with E-state index in [1.54, 1.807) is 11.4 Å². The molecule has 2 aromatic rings. The monoisotopic (exact) mass is 304 g/mol. The molecule has 1 aliphatic carbocycles. The minimum absolute atomic E-state index is 0.0330. The predicted octanol–water partition coefficient (Wildman–Crippen LogP) is 2.12. The van der Waals surface area contributed by atoms with Crippen LogP contribution in [0.15, 0.2) is 11.4 Å². The summed E-state index contributed by atoms with van der Waals surface area (Å²) in [7, 11) is 0. The number of amides is 1. The Morgan fingerprint density at radius 1 is 1.43 bits per heavy atom. The van der Waals surface area contributed by atoms with Crippen LogP contribution < -0.4 is 5.32 Å². The molecule has 0 bridgehead atoms. The molecular formula is C14H16N4O2S. The van der Waals surface area contributed by atoms with Crippen molar-refractivity contribution in [3.8, 4) is 0 Å². The number of nitrogens with one attached hydrogen (secondary N) is 1. The first-order chi connectivity index (χ1) is 10.1. The quantitative estimate of drug-likeness (QED) is 0.858. The van der Waals surface area contributed by atoms with Crippen LogP contribution >= 0.6 is 11.3 Å². The lowest BCUT2D eigenvalue weighted by molar-refractivity contribution is 0.0953. The van der Waals surface area contributed by atoms with Crippen LogP contribution in [0.5, 0.6) is 0 Å². The van der Waals surface area contributed by atoms with Gasteiger partial charge in [0.25, 0.3) is 5.91 Å². The Bertz CT molecular complexity index is 700. The molecule has 6 nitrogen and oxygen atoms in total. The Morgan fingerprint density at radius 3 is 2.81 bits per heavy atom. The maximum absolute atomic E-state index is 12.1. The van der Waals surface area contributed by atoms with E-state index in [9.17, 15) is 9.59 Å². The van der Waals surface area contributed by atoms with E-state index >= 15 is 0 Å². The minimum Gasteiger partial charge on any atom is -0.344 e. The molecular weight excluding hydrogens is 288 g/mol. The topological polar surface area (TPSA) is 76.9 Å². The van der Waals surface area contributed by atoms with E-state index in [1.165, 1.54) is 18.3 Å². The lowest BCUT2D eigenvalue weighted by Crippen LogP contribution is -2.24. The fourth-order valence-corrected chi connectivity index (χ4v) is 3.09. The summed E-state index contributed by atoms with van der Waals surface area (Å²) in [5.41, 5.74) is 0.571. The molecule has 0 aromatic carbocycles. The van der Waals surface area contributed by atoms with E-state index in [-0.39, 0.29) is 11.7 Å². The number of rotatable bonds is 5. The second-order valence-corrected chi connectivity index (χ2v) is 6.11. The highest BCUT2D eigenvalue weighted by Gasteiger charge is 2.28. The van der Waals surface area contributed by atoms with Gasteiger partial charge in [0.1, 0.15) is 5.82 Å². The van der Waals surface area contributed by atoms with Crippen LogP contribution in [-0.4, -0.2) is 26.5 Å². The zero-order valence-corrected chi connectivity index (χ0v) is 12.7. The van der Waals surface area contributed by atoms with Crippen molar-refractivity contribution in [1.29, 1.82) is 0 Å². The maximum atomic E-state index is 12.1. The number of ketones is 1. The lowest BCUT2D eigenvalue weighted by Gasteiger charge is -2.07. The van der Waals surface area contributed by atoms with Gasteiger partial charge in [0.15, 0.2) is 11.6 Å². The smallest absolute Gasteiger partial charge is 0.261 e. The maximum Gasteiger partial charge on any atom is 0.261 e. The third kappa shape index (κ3) is 2.87. The highest BCUT2D eigenvalue weighted by molar-refractivity contribution is 7.12. The summed E-state index contributed by atoms with van der Waals surface area (Å²) in [4.78, 5) is 23.9. The van der Waals surface area contributed by atoms with Gasteiger partial charge in [0.2, 0.25) is 0 Å². The van der Waals surface area contributed by atoms with E-state index < -0.39 is 0 Å². The Morgan fingerprint density at radius 2 is 2.19 bits per heavy atom. The van der Waals surface area contributed by atoms with Gasteiger partial charge in [-0.25, -0.2) is 0 Å². The van der Waals surface area contributed by atoms with Crippen LogP contribution in [0.1, 0.15) is 57.5 Å². The molecule has 1 saturated carbocycles. The van der Waals surface area contributed by atoms with E-state index in [0.717, 1.165) is 24.5 Å². The molecule has 3 rings (SSSR count). The molecule has 1 aliphatic rings. The van der Waals surface area contributed by atoms with Crippen molar-refractivity contribution in [2.45, 2.75) is 39.3 Å². The third-order valence-electron chi connectivity index (χ3n) is 3.49. The van der Waals surface area contributed by atoms with E-state index in [4.69, 9.17) is 0 Å². The van der Waals surface area contributed by atoms with Gasteiger partial charge in [-0.15, -0.1) is 21.5 Å². The van der Waals surface area contributed by atoms with Gasteiger partial charge in [0.05, 0.1) is 11.4 Å². The minimum atomic E-state index is -0.185. The molecule has 0 aliphatic heterocycles. The number of aryl methyl sites for hydroxylation is 1. The SMILES string of the molecule is CC(=O)c1csc(C(=O)NCc2nnc(C)n2C2CC2)c1.